The highest BCUT2D eigenvalue weighted by atomic mass is 35.5. The zero-order valence-electron chi connectivity index (χ0n) is 12.4. The molecule has 1 N–H and O–H groups in total. The van der Waals surface area contributed by atoms with Crippen LogP contribution in [-0.2, 0) is 13.1 Å². The molecule has 1 aromatic carbocycles. The first kappa shape index (κ1) is 14.3. The van der Waals surface area contributed by atoms with Gasteiger partial charge in [0.1, 0.15) is 5.75 Å². The van der Waals surface area contributed by atoms with Crippen molar-refractivity contribution in [3.05, 3.63) is 40.2 Å². The van der Waals surface area contributed by atoms with Gasteiger partial charge in [0, 0.05) is 23.7 Å². The van der Waals surface area contributed by atoms with Crippen LogP contribution in [0.25, 0.3) is 11.4 Å². The molecule has 4 nitrogen and oxygen atoms in total. The van der Waals surface area contributed by atoms with Gasteiger partial charge in [0.25, 0.3) is 0 Å². The number of benzene rings is 1. The van der Waals surface area contributed by atoms with Crippen molar-refractivity contribution >= 4 is 11.6 Å². The molecular weight excluding hydrogens is 286 g/mol. The number of fused-ring (bicyclic) bond motifs is 1. The predicted molar refractivity (Wildman–Crippen MR) is 83.7 cm³/mol. The molecule has 0 saturated carbocycles. The monoisotopic (exact) mass is 303 g/mol. The molecule has 0 aliphatic carbocycles. The van der Waals surface area contributed by atoms with Crippen LogP contribution in [0.2, 0.25) is 5.02 Å². The summed E-state index contributed by atoms with van der Waals surface area (Å²) >= 11 is 6.03. The van der Waals surface area contributed by atoms with Gasteiger partial charge in [-0.3, -0.25) is 0 Å². The summed E-state index contributed by atoms with van der Waals surface area (Å²) in [6.45, 7) is 5.95. The fourth-order valence-corrected chi connectivity index (χ4v) is 2.80. The van der Waals surface area contributed by atoms with Crippen LogP contribution < -0.4 is 10.1 Å². The van der Waals surface area contributed by atoms with Crippen LogP contribution in [0, 0.1) is 0 Å². The third-order valence-electron chi connectivity index (χ3n) is 3.67. The van der Waals surface area contributed by atoms with E-state index in [1.54, 1.807) is 13.2 Å². The quantitative estimate of drug-likeness (QED) is 0.942. The Morgan fingerprint density at radius 2 is 2.05 bits per heavy atom. The highest BCUT2D eigenvalue weighted by Gasteiger charge is 2.22. The molecule has 110 valence electrons. The van der Waals surface area contributed by atoms with Crippen molar-refractivity contribution in [3.63, 3.8) is 0 Å². The van der Waals surface area contributed by atoms with E-state index < -0.39 is 0 Å². The lowest BCUT2D eigenvalue weighted by Gasteiger charge is -2.14. The van der Waals surface area contributed by atoms with Gasteiger partial charge in [-0.15, -0.1) is 0 Å². The summed E-state index contributed by atoms with van der Waals surface area (Å²) in [5.41, 5.74) is 4.30. The Kier molecular flexibility index (Phi) is 3.83. The molecule has 0 amide bonds. The minimum absolute atomic E-state index is 0.360. The summed E-state index contributed by atoms with van der Waals surface area (Å²) in [7, 11) is 1.63. The largest absolute Gasteiger partial charge is 0.496 e. The van der Waals surface area contributed by atoms with Crippen LogP contribution in [0.3, 0.4) is 0 Å². The molecule has 0 saturated heterocycles. The van der Waals surface area contributed by atoms with Crippen molar-refractivity contribution in [1.82, 2.24) is 15.3 Å². The van der Waals surface area contributed by atoms with Crippen molar-refractivity contribution in [2.45, 2.75) is 32.9 Å². The van der Waals surface area contributed by atoms with E-state index in [2.05, 4.69) is 19.2 Å². The van der Waals surface area contributed by atoms with Crippen LogP contribution in [0.1, 0.15) is 36.7 Å². The Balaban J connectivity index is 2.18. The van der Waals surface area contributed by atoms with Crippen LogP contribution in [0.15, 0.2) is 18.2 Å². The Labute approximate surface area is 129 Å². The van der Waals surface area contributed by atoms with E-state index in [-0.39, 0.29) is 0 Å². The highest BCUT2D eigenvalue weighted by Crippen LogP contribution is 2.33. The molecule has 0 radical (unpaired) electrons. The molecule has 1 aromatic heterocycles. The molecule has 0 bridgehead atoms. The lowest BCUT2D eigenvalue weighted by atomic mass is 10.0. The average Bonchev–Trinajstić information content (AvgIpc) is 2.94. The molecule has 3 rings (SSSR count). The Bertz CT molecular complexity index is 685. The Hall–Kier alpha value is -1.65. The predicted octanol–water partition coefficient (Wildman–Crippen LogP) is 3.53. The van der Waals surface area contributed by atoms with Gasteiger partial charge >= 0.3 is 0 Å². The molecule has 2 aromatic rings. The van der Waals surface area contributed by atoms with Crippen LogP contribution in [0.4, 0.5) is 0 Å². The molecule has 2 heterocycles. The summed E-state index contributed by atoms with van der Waals surface area (Å²) in [5.74, 6) is 1.76. The van der Waals surface area contributed by atoms with Crippen molar-refractivity contribution in [1.29, 1.82) is 0 Å². The molecule has 0 spiro atoms. The third kappa shape index (κ3) is 2.61. The van der Waals surface area contributed by atoms with Gasteiger partial charge in [-0.1, -0.05) is 25.4 Å². The maximum Gasteiger partial charge on any atom is 0.163 e. The molecule has 0 fully saturated rings. The van der Waals surface area contributed by atoms with E-state index in [9.17, 15) is 0 Å². The van der Waals surface area contributed by atoms with Crippen LogP contribution in [0.5, 0.6) is 5.75 Å². The van der Waals surface area contributed by atoms with Gasteiger partial charge in [0.2, 0.25) is 0 Å². The van der Waals surface area contributed by atoms with E-state index in [1.807, 2.05) is 12.1 Å². The zero-order valence-corrected chi connectivity index (χ0v) is 13.2. The van der Waals surface area contributed by atoms with Crippen LogP contribution in [-0.4, -0.2) is 17.1 Å². The fourth-order valence-electron chi connectivity index (χ4n) is 2.64. The lowest BCUT2D eigenvalue weighted by Crippen LogP contribution is -2.05. The number of halogens is 1. The molecule has 0 unspecified atom stereocenters. The van der Waals surface area contributed by atoms with Gasteiger partial charge in [-0.25, -0.2) is 9.97 Å². The minimum Gasteiger partial charge on any atom is -0.496 e. The summed E-state index contributed by atoms with van der Waals surface area (Å²) in [6.07, 6.45) is 0. The van der Waals surface area contributed by atoms with Crippen molar-refractivity contribution in [2.24, 2.45) is 0 Å². The number of aromatic nitrogens is 2. The first-order valence-electron chi connectivity index (χ1n) is 7.04. The zero-order chi connectivity index (χ0) is 15.0. The molecule has 1 aliphatic heterocycles. The van der Waals surface area contributed by atoms with Gasteiger partial charge in [-0.2, -0.15) is 0 Å². The van der Waals surface area contributed by atoms with Gasteiger partial charge in [-0.05, 0) is 24.1 Å². The van der Waals surface area contributed by atoms with Gasteiger partial charge in [0.05, 0.1) is 24.1 Å². The second-order valence-electron chi connectivity index (χ2n) is 5.46. The van der Waals surface area contributed by atoms with E-state index in [1.165, 1.54) is 5.56 Å². The highest BCUT2D eigenvalue weighted by molar-refractivity contribution is 6.30. The molecule has 0 atom stereocenters. The molecule has 21 heavy (non-hydrogen) atoms. The average molecular weight is 304 g/mol. The number of nitrogens with one attached hydrogen (secondary N) is 1. The number of rotatable bonds is 3. The van der Waals surface area contributed by atoms with Gasteiger partial charge in [0.15, 0.2) is 5.82 Å². The number of hydrogen-bond donors (Lipinski definition) is 1. The van der Waals surface area contributed by atoms with Crippen molar-refractivity contribution < 1.29 is 4.74 Å². The molecular formula is C16H18ClN3O. The number of methoxy groups -OCH3 is 1. The third-order valence-corrected chi connectivity index (χ3v) is 3.91. The fraction of sp³-hybridized carbons (Fsp3) is 0.375. The Morgan fingerprint density at radius 1 is 1.24 bits per heavy atom. The van der Waals surface area contributed by atoms with Crippen molar-refractivity contribution in [3.8, 4) is 17.1 Å². The molecule has 5 heteroatoms. The second kappa shape index (κ2) is 5.62. The first-order valence-corrected chi connectivity index (χ1v) is 7.42. The van der Waals surface area contributed by atoms with E-state index in [0.29, 0.717) is 22.5 Å². The SMILES string of the molecule is COc1cc(Cl)ccc1-c1nc2c(c(C(C)C)n1)CNC2. The first-order chi connectivity index (χ1) is 10.1. The topological polar surface area (TPSA) is 47.0 Å². The van der Waals surface area contributed by atoms with Gasteiger partial charge < -0.3 is 10.1 Å². The van der Waals surface area contributed by atoms with Crippen LogP contribution >= 0.6 is 11.6 Å². The van der Waals surface area contributed by atoms with E-state index in [4.69, 9.17) is 26.3 Å². The normalized spacial score (nSPS) is 13.6. The maximum atomic E-state index is 6.03. The van der Waals surface area contributed by atoms with Crippen molar-refractivity contribution in [2.75, 3.05) is 7.11 Å². The second-order valence-corrected chi connectivity index (χ2v) is 5.90. The summed E-state index contributed by atoms with van der Waals surface area (Å²) in [6, 6.07) is 5.54. The number of nitrogens with zero attached hydrogens (tertiary/aromatic N) is 2. The summed E-state index contributed by atoms with van der Waals surface area (Å²) < 4.78 is 5.42. The summed E-state index contributed by atoms with van der Waals surface area (Å²) in [4.78, 5) is 9.49. The minimum atomic E-state index is 0.360. The number of ether oxygens (including phenoxy) is 1. The number of hydrogen-bond acceptors (Lipinski definition) is 4. The Morgan fingerprint density at radius 3 is 2.76 bits per heavy atom. The summed E-state index contributed by atoms with van der Waals surface area (Å²) in [5, 5.41) is 3.99. The standard InChI is InChI=1S/C16H18ClN3O/c1-9(2)15-12-7-18-8-13(12)19-16(20-15)11-5-4-10(17)6-14(11)21-3/h4-6,9,18H,7-8H2,1-3H3. The smallest absolute Gasteiger partial charge is 0.163 e. The van der Waals surface area contributed by atoms with E-state index in [0.717, 1.165) is 30.0 Å². The molecule has 1 aliphatic rings. The van der Waals surface area contributed by atoms with E-state index >= 15 is 0 Å². The lowest BCUT2D eigenvalue weighted by molar-refractivity contribution is 0.416. The maximum absolute atomic E-state index is 6.03.